The van der Waals surface area contributed by atoms with Gasteiger partial charge in [0.15, 0.2) is 0 Å². The summed E-state index contributed by atoms with van der Waals surface area (Å²) in [6.07, 6.45) is 1.36. The average Bonchev–Trinajstić information content (AvgIpc) is 2.56. The maximum Gasteiger partial charge on any atom is 0.219 e. The SMILES string of the molecule is CCc1ccc2ccccc2c1CN1CCOCC1CC(N)=O. The van der Waals surface area contributed by atoms with E-state index < -0.39 is 0 Å². The van der Waals surface area contributed by atoms with E-state index in [9.17, 15) is 4.79 Å². The summed E-state index contributed by atoms with van der Waals surface area (Å²) in [6.45, 7) is 5.15. The van der Waals surface area contributed by atoms with Crippen molar-refractivity contribution in [1.29, 1.82) is 0 Å². The molecule has 0 aromatic heterocycles. The van der Waals surface area contributed by atoms with Crippen LogP contribution in [0.1, 0.15) is 24.5 Å². The van der Waals surface area contributed by atoms with Gasteiger partial charge >= 0.3 is 0 Å². The first-order valence-corrected chi connectivity index (χ1v) is 8.28. The first-order valence-electron chi connectivity index (χ1n) is 8.28. The zero-order valence-corrected chi connectivity index (χ0v) is 13.6. The second-order valence-electron chi connectivity index (χ2n) is 6.15. The minimum absolute atomic E-state index is 0.0740. The first-order chi connectivity index (χ1) is 11.2. The van der Waals surface area contributed by atoms with Gasteiger partial charge in [0.05, 0.1) is 13.2 Å². The lowest BCUT2D eigenvalue weighted by Gasteiger charge is -2.35. The van der Waals surface area contributed by atoms with Crippen LogP contribution in [0.5, 0.6) is 0 Å². The summed E-state index contributed by atoms with van der Waals surface area (Å²) in [5.41, 5.74) is 8.14. The van der Waals surface area contributed by atoms with Gasteiger partial charge < -0.3 is 10.5 Å². The van der Waals surface area contributed by atoms with E-state index in [4.69, 9.17) is 10.5 Å². The second-order valence-corrected chi connectivity index (χ2v) is 6.15. The number of hydrogen-bond donors (Lipinski definition) is 1. The van der Waals surface area contributed by atoms with Crippen LogP contribution in [0.15, 0.2) is 36.4 Å². The van der Waals surface area contributed by atoms with E-state index in [-0.39, 0.29) is 11.9 Å². The average molecular weight is 312 g/mol. The minimum atomic E-state index is -0.265. The highest BCUT2D eigenvalue weighted by atomic mass is 16.5. The molecule has 2 aromatic rings. The maximum absolute atomic E-state index is 11.3. The van der Waals surface area contributed by atoms with E-state index in [2.05, 4.69) is 48.2 Å². The Morgan fingerprint density at radius 3 is 2.91 bits per heavy atom. The highest BCUT2D eigenvalue weighted by Gasteiger charge is 2.25. The lowest BCUT2D eigenvalue weighted by Crippen LogP contribution is -2.46. The molecule has 0 aliphatic carbocycles. The summed E-state index contributed by atoms with van der Waals surface area (Å²) >= 11 is 0. The zero-order valence-electron chi connectivity index (χ0n) is 13.6. The predicted molar refractivity (Wildman–Crippen MR) is 92.2 cm³/mol. The van der Waals surface area contributed by atoms with Crippen molar-refractivity contribution in [3.63, 3.8) is 0 Å². The molecule has 1 heterocycles. The molecule has 1 unspecified atom stereocenters. The molecule has 3 rings (SSSR count). The molecule has 2 aromatic carbocycles. The highest BCUT2D eigenvalue weighted by Crippen LogP contribution is 2.26. The zero-order chi connectivity index (χ0) is 16.2. The molecule has 1 amide bonds. The smallest absolute Gasteiger partial charge is 0.219 e. The fraction of sp³-hybridized carbons (Fsp3) is 0.421. The number of carbonyl (C=O) groups excluding carboxylic acids is 1. The summed E-state index contributed by atoms with van der Waals surface area (Å²) in [6, 6.07) is 13.0. The molecule has 4 nitrogen and oxygen atoms in total. The number of nitrogens with zero attached hydrogens (tertiary/aromatic N) is 1. The minimum Gasteiger partial charge on any atom is -0.378 e. The summed E-state index contributed by atoms with van der Waals surface area (Å²) in [5.74, 6) is -0.265. The summed E-state index contributed by atoms with van der Waals surface area (Å²) in [7, 11) is 0. The predicted octanol–water partition coefficient (Wildman–Crippen LogP) is 2.48. The third-order valence-electron chi connectivity index (χ3n) is 4.67. The van der Waals surface area contributed by atoms with E-state index in [0.717, 1.165) is 19.5 Å². The van der Waals surface area contributed by atoms with Crippen molar-refractivity contribution in [2.24, 2.45) is 5.73 Å². The molecule has 1 fully saturated rings. The molecular weight excluding hydrogens is 288 g/mol. The Morgan fingerprint density at radius 1 is 1.30 bits per heavy atom. The molecule has 1 aliphatic rings. The molecule has 2 N–H and O–H groups in total. The Labute approximate surface area is 137 Å². The molecule has 1 atom stereocenters. The molecule has 0 spiro atoms. The number of benzene rings is 2. The van der Waals surface area contributed by atoms with Gasteiger partial charge in [0.2, 0.25) is 5.91 Å². The van der Waals surface area contributed by atoms with Crippen molar-refractivity contribution >= 4 is 16.7 Å². The van der Waals surface area contributed by atoms with Gasteiger partial charge in [-0.15, -0.1) is 0 Å². The lowest BCUT2D eigenvalue weighted by molar-refractivity contribution is -0.121. The van der Waals surface area contributed by atoms with Gasteiger partial charge in [0.1, 0.15) is 0 Å². The topological polar surface area (TPSA) is 55.6 Å². The van der Waals surface area contributed by atoms with Crippen LogP contribution in [0.3, 0.4) is 0 Å². The van der Waals surface area contributed by atoms with E-state index in [1.54, 1.807) is 0 Å². The Bertz CT molecular complexity index is 699. The monoisotopic (exact) mass is 312 g/mol. The van der Waals surface area contributed by atoms with Crippen LogP contribution in [0, 0.1) is 0 Å². The first kappa shape index (κ1) is 16.0. The van der Waals surface area contributed by atoms with Crippen LogP contribution in [-0.2, 0) is 22.5 Å². The van der Waals surface area contributed by atoms with E-state index in [1.165, 1.54) is 21.9 Å². The second kappa shape index (κ2) is 7.11. The number of hydrogen-bond acceptors (Lipinski definition) is 3. The lowest BCUT2D eigenvalue weighted by atomic mass is 9.96. The number of amides is 1. The number of carbonyl (C=O) groups is 1. The number of aryl methyl sites for hydroxylation is 1. The van der Waals surface area contributed by atoms with Crippen molar-refractivity contribution in [2.75, 3.05) is 19.8 Å². The fourth-order valence-electron chi connectivity index (χ4n) is 3.42. The molecule has 1 aliphatic heterocycles. The molecular formula is C19H24N2O2. The third kappa shape index (κ3) is 3.54. The molecule has 0 saturated carbocycles. The Hall–Kier alpha value is -1.91. The van der Waals surface area contributed by atoms with Crippen molar-refractivity contribution in [2.45, 2.75) is 32.4 Å². The molecule has 4 heteroatoms. The summed E-state index contributed by atoms with van der Waals surface area (Å²) in [5, 5.41) is 2.57. The molecule has 0 radical (unpaired) electrons. The van der Waals surface area contributed by atoms with Crippen LogP contribution >= 0.6 is 0 Å². The standard InChI is InChI=1S/C19H24N2O2/c1-2-14-7-8-15-5-3-4-6-17(15)18(14)12-21-9-10-23-13-16(21)11-19(20)22/h3-8,16H,2,9-13H2,1H3,(H2,20,22). The molecule has 122 valence electrons. The van der Waals surface area contributed by atoms with Gasteiger partial charge in [-0.2, -0.15) is 0 Å². The van der Waals surface area contributed by atoms with Crippen LogP contribution in [0.25, 0.3) is 10.8 Å². The van der Waals surface area contributed by atoms with Gasteiger partial charge in [-0.05, 0) is 28.3 Å². The Kier molecular flexibility index (Phi) is 4.94. The highest BCUT2D eigenvalue weighted by molar-refractivity contribution is 5.86. The van der Waals surface area contributed by atoms with Gasteiger partial charge in [0.25, 0.3) is 0 Å². The summed E-state index contributed by atoms with van der Waals surface area (Å²) < 4.78 is 5.55. The number of nitrogens with two attached hydrogens (primary N) is 1. The van der Waals surface area contributed by atoms with Crippen LogP contribution in [0.4, 0.5) is 0 Å². The largest absolute Gasteiger partial charge is 0.378 e. The van der Waals surface area contributed by atoms with E-state index in [1.807, 2.05) is 0 Å². The number of fused-ring (bicyclic) bond motifs is 1. The van der Waals surface area contributed by atoms with Crippen molar-refractivity contribution in [3.8, 4) is 0 Å². The van der Waals surface area contributed by atoms with E-state index >= 15 is 0 Å². The van der Waals surface area contributed by atoms with Crippen LogP contribution in [-0.4, -0.2) is 36.6 Å². The van der Waals surface area contributed by atoms with Gasteiger partial charge in [0, 0.05) is 25.6 Å². The van der Waals surface area contributed by atoms with Gasteiger partial charge in [-0.25, -0.2) is 0 Å². The van der Waals surface area contributed by atoms with Crippen molar-refractivity contribution in [1.82, 2.24) is 4.90 Å². The van der Waals surface area contributed by atoms with Gasteiger partial charge in [-0.1, -0.05) is 43.3 Å². The quantitative estimate of drug-likeness (QED) is 0.923. The van der Waals surface area contributed by atoms with Crippen LogP contribution in [0.2, 0.25) is 0 Å². The van der Waals surface area contributed by atoms with Gasteiger partial charge in [-0.3, -0.25) is 9.69 Å². The maximum atomic E-state index is 11.3. The number of ether oxygens (including phenoxy) is 1. The van der Waals surface area contributed by atoms with E-state index in [0.29, 0.717) is 19.6 Å². The Balaban J connectivity index is 1.94. The normalized spacial score (nSPS) is 19.1. The number of primary amides is 1. The fourth-order valence-corrected chi connectivity index (χ4v) is 3.42. The molecule has 1 saturated heterocycles. The van der Waals surface area contributed by atoms with Crippen molar-refractivity contribution in [3.05, 3.63) is 47.5 Å². The number of rotatable bonds is 5. The molecule has 0 bridgehead atoms. The van der Waals surface area contributed by atoms with Crippen molar-refractivity contribution < 1.29 is 9.53 Å². The summed E-state index contributed by atoms with van der Waals surface area (Å²) in [4.78, 5) is 13.7. The van der Waals surface area contributed by atoms with Crippen LogP contribution < -0.4 is 5.73 Å². The third-order valence-corrected chi connectivity index (χ3v) is 4.67. The Morgan fingerprint density at radius 2 is 2.13 bits per heavy atom. The molecule has 23 heavy (non-hydrogen) atoms. The number of morpholine rings is 1.